The molecule has 0 spiro atoms. The molecule has 1 saturated heterocycles. The van der Waals surface area contributed by atoms with Crippen LogP contribution >= 0.6 is 0 Å². The van der Waals surface area contributed by atoms with E-state index in [-0.39, 0.29) is 17.4 Å². The van der Waals surface area contributed by atoms with Gasteiger partial charge in [0.1, 0.15) is 0 Å². The van der Waals surface area contributed by atoms with Crippen LogP contribution in [0.5, 0.6) is 0 Å². The summed E-state index contributed by atoms with van der Waals surface area (Å²) in [6.45, 7) is 10.3. The molecule has 0 bridgehead atoms. The van der Waals surface area contributed by atoms with Gasteiger partial charge in [-0.25, -0.2) is 0 Å². The lowest BCUT2D eigenvalue weighted by molar-refractivity contribution is -0.129. The molecule has 1 aliphatic rings. The zero-order valence-electron chi connectivity index (χ0n) is 16.3. The first-order valence-electron chi connectivity index (χ1n) is 9.67. The summed E-state index contributed by atoms with van der Waals surface area (Å²) in [4.78, 5) is 16.7. The number of pyridine rings is 1. The molecule has 0 aromatic carbocycles. The van der Waals surface area contributed by atoms with E-state index < -0.39 is 0 Å². The molecule has 2 atom stereocenters. The Kier molecular flexibility index (Phi) is 7.42. The fourth-order valence-electron chi connectivity index (χ4n) is 3.62. The molecule has 1 aromatic rings. The quantitative estimate of drug-likeness (QED) is 0.761. The molecule has 0 aliphatic carbocycles. The zero-order chi connectivity index (χ0) is 18.3. The van der Waals surface area contributed by atoms with Gasteiger partial charge >= 0.3 is 0 Å². The third kappa shape index (κ3) is 6.43. The Morgan fingerprint density at radius 3 is 2.84 bits per heavy atom. The van der Waals surface area contributed by atoms with E-state index in [1.165, 1.54) is 6.42 Å². The van der Waals surface area contributed by atoms with Crippen molar-refractivity contribution in [1.82, 2.24) is 10.3 Å². The summed E-state index contributed by atoms with van der Waals surface area (Å²) in [5.41, 5.74) is 1.12. The number of hydrogen-bond donors (Lipinski definition) is 1. The predicted molar refractivity (Wildman–Crippen MR) is 101 cm³/mol. The summed E-state index contributed by atoms with van der Waals surface area (Å²) in [7, 11) is 0. The topological polar surface area (TPSA) is 51.2 Å². The summed E-state index contributed by atoms with van der Waals surface area (Å²) in [5, 5.41) is 3.08. The van der Waals surface area contributed by atoms with Crippen LogP contribution < -0.4 is 5.32 Å². The number of carbonyl (C=O) groups excluding carboxylic acids is 1. The molecule has 1 aromatic heterocycles. The lowest BCUT2D eigenvalue weighted by Gasteiger charge is -2.42. The SMILES string of the molecule is CC(C)CCC1(CC(=O)NCc2cccnc2)CCOC(C(C)C)C1. The van der Waals surface area contributed by atoms with Gasteiger partial charge in [0.2, 0.25) is 5.91 Å². The number of carbonyl (C=O) groups is 1. The Hall–Kier alpha value is -1.42. The van der Waals surface area contributed by atoms with Crippen molar-refractivity contribution in [3.63, 3.8) is 0 Å². The van der Waals surface area contributed by atoms with Crippen molar-refractivity contribution in [3.05, 3.63) is 30.1 Å². The molecular weight excluding hydrogens is 312 g/mol. The van der Waals surface area contributed by atoms with Gasteiger partial charge in [0.05, 0.1) is 6.10 Å². The van der Waals surface area contributed by atoms with Crippen molar-refractivity contribution in [3.8, 4) is 0 Å². The zero-order valence-corrected chi connectivity index (χ0v) is 16.3. The maximum atomic E-state index is 12.6. The van der Waals surface area contributed by atoms with E-state index in [4.69, 9.17) is 4.74 Å². The second-order valence-corrected chi connectivity index (χ2v) is 8.35. The lowest BCUT2D eigenvalue weighted by atomic mass is 9.69. The highest BCUT2D eigenvalue weighted by molar-refractivity contribution is 5.76. The standard InChI is InChI=1S/C21H34N2O2/c1-16(2)7-8-21(9-11-25-19(12-21)17(3)4)13-20(24)23-15-18-6-5-10-22-14-18/h5-6,10,14,16-17,19H,7-9,11-13,15H2,1-4H3,(H,23,24). The molecule has 140 valence electrons. The first-order valence-corrected chi connectivity index (χ1v) is 9.67. The minimum Gasteiger partial charge on any atom is -0.378 e. The van der Waals surface area contributed by atoms with Crippen LogP contribution in [0.4, 0.5) is 0 Å². The minimum atomic E-state index is 0.0798. The van der Waals surface area contributed by atoms with Gasteiger partial charge in [-0.15, -0.1) is 0 Å². The molecule has 1 N–H and O–H groups in total. The van der Waals surface area contributed by atoms with Crippen molar-refractivity contribution in [1.29, 1.82) is 0 Å². The monoisotopic (exact) mass is 346 g/mol. The van der Waals surface area contributed by atoms with E-state index in [9.17, 15) is 4.79 Å². The van der Waals surface area contributed by atoms with Gasteiger partial charge in [-0.2, -0.15) is 0 Å². The summed E-state index contributed by atoms with van der Waals surface area (Å²) in [6, 6.07) is 3.89. The number of aromatic nitrogens is 1. The van der Waals surface area contributed by atoms with Crippen LogP contribution in [-0.4, -0.2) is 23.6 Å². The van der Waals surface area contributed by atoms with E-state index in [0.717, 1.165) is 31.4 Å². The largest absolute Gasteiger partial charge is 0.378 e. The summed E-state index contributed by atoms with van der Waals surface area (Å²) >= 11 is 0. The average Bonchev–Trinajstić information content (AvgIpc) is 2.59. The van der Waals surface area contributed by atoms with Gasteiger partial charge < -0.3 is 10.1 Å². The molecule has 1 fully saturated rings. The maximum Gasteiger partial charge on any atom is 0.220 e. The van der Waals surface area contributed by atoms with Crippen molar-refractivity contribution in [2.45, 2.75) is 72.4 Å². The molecule has 0 saturated carbocycles. The van der Waals surface area contributed by atoms with Gasteiger partial charge in [0.15, 0.2) is 0 Å². The molecule has 2 unspecified atom stereocenters. The molecule has 25 heavy (non-hydrogen) atoms. The predicted octanol–water partition coefficient (Wildman–Crippen LogP) is 4.35. The van der Waals surface area contributed by atoms with Crippen LogP contribution in [0.1, 0.15) is 65.4 Å². The van der Waals surface area contributed by atoms with E-state index in [1.54, 1.807) is 12.4 Å². The van der Waals surface area contributed by atoms with Gasteiger partial charge in [-0.05, 0) is 48.1 Å². The maximum absolute atomic E-state index is 12.6. The molecule has 2 heterocycles. The van der Waals surface area contributed by atoms with Crippen LogP contribution in [0.3, 0.4) is 0 Å². The van der Waals surface area contributed by atoms with Crippen LogP contribution in [-0.2, 0) is 16.1 Å². The van der Waals surface area contributed by atoms with Crippen molar-refractivity contribution >= 4 is 5.91 Å². The Labute approximate surface area is 152 Å². The summed E-state index contributed by atoms with van der Waals surface area (Å²) < 4.78 is 5.97. The smallest absolute Gasteiger partial charge is 0.220 e. The van der Waals surface area contributed by atoms with Crippen molar-refractivity contribution < 1.29 is 9.53 Å². The van der Waals surface area contributed by atoms with E-state index in [1.807, 2.05) is 12.1 Å². The second-order valence-electron chi connectivity index (χ2n) is 8.35. The Morgan fingerprint density at radius 2 is 2.20 bits per heavy atom. The fraction of sp³-hybridized carbons (Fsp3) is 0.714. The number of nitrogens with zero attached hydrogens (tertiary/aromatic N) is 1. The molecular formula is C21H34N2O2. The molecule has 4 nitrogen and oxygen atoms in total. The minimum absolute atomic E-state index is 0.0798. The van der Waals surface area contributed by atoms with Gasteiger partial charge in [-0.3, -0.25) is 9.78 Å². The van der Waals surface area contributed by atoms with Crippen molar-refractivity contribution in [2.75, 3.05) is 6.61 Å². The van der Waals surface area contributed by atoms with Gasteiger partial charge in [0, 0.05) is 32.0 Å². The normalized spacial score (nSPS) is 23.8. The number of rotatable bonds is 8. The highest BCUT2D eigenvalue weighted by Gasteiger charge is 2.39. The molecule has 1 amide bonds. The molecule has 0 radical (unpaired) electrons. The van der Waals surface area contributed by atoms with Crippen LogP contribution in [0.25, 0.3) is 0 Å². The van der Waals surface area contributed by atoms with Crippen LogP contribution in [0.15, 0.2) is 24.5 Å². The number of amides is 1. The Morgan fingerprint density at radius 1 is 1.40 bits per heavy atom. The fourth-order valence-corrected chi connectivity index (χ4v) is 3.62. The average molecular weight is 347 g/mol. The number of ether oxygens (including phenoxy) is 1. The molecule has 1 aliphatic heterocycles. The van der Waals surface area contributed by atoms with Crippen LogP contribution in [0, 0.1) is 17.3 Å². The summed E-state index contributed by atoms with van der Waals surface area (Å²) in [6.07, 6.45) is 8.69. The van der Waals surface area contributed by atoms with Gasteiger partial charge in [-0.1, -0.05) is 40.2 Å². The molecule has 4 heteroatoms. The number of nitrogens with one attached hydrogen (secondary N) is 1. The summed E-state index contributed by atoms with van der Waals surface area (Å²) in [5.74, 6) is 1.31. The molecule has 2 rings (SSSR count). The lowest BCUT2D eigenvalue weighted by Crippen LogP contribution is -2.41. The third-order valence-corrected chi connectivity index (χ3v) is 5.34. The van der Waals surface area contributed by atoms with E-state index in [0.29, 0.717) is 24.8 Å². The Bertz CT molecular complexity index is 530. The first-order chi connectivity index (χ1) is 11.9. The van der Waals surface area contributed by atoms with Crippen molar-refractivity contribution in [2.24, 2.45) is 17.3 Å². The van der Waals surface area contributed by atoms with E-state index >= 15 is 0 Å². The highest BCUT2D eigenvalue weighted by Crippen LogP contribution is 2.43. The Balaban J connectivity index is 1.98. The van der Waals surface area contributed by atoms with Gasteiger partial charge in [0.25, 0.3) is 0 Å². The first kappa shape index (κ1) is 19.9. The highest BCUT2D eigenvalue weighted by atomic mass is 16.5. The van der Waals surface area contributed by atoms with E-state index in [2.05, 4.69) is 38.0 Å². The second kappa shape index (κ2) is 9.33. The number of hydrogen-bond acceptors (Lipinski definition) is 3. The van der Waals surface area contributed by atoms with Crippen LogP contribution in [0.2, 0.25) is 0 Å². The third-order valence-electron chi connectivity index (χ3n) is 5.34.